The molecule has 1 aliphatic carbocycles. The molecule has 0 spiro atoms. The average Bonchev–Trinajstić information content (AvgIpc) is 3.30. The maximum atomic E-state index is 13.8. The minimum Gasteiger partial charge on any atom is -0.369 e. The number of rotatable bonds is 6. The largest absolute Gasteiger partial charge is 0.369 e. The van der Waals surface area contributed by atoms with Gasteiger partial charge in [0.15, 0.2) is 12.1 Å². The number of primary amides is 1. The van der Waals surface area contributed by atoms with Gasteiger partial charge in [-0.15, -0.1) is 5.10 Å². The number of imidazole rings is 2. The Bertz CT molecular complexity index is 1630. The molecule has 4 aromatic rings. The number of alkyl halides is 1. The molecule has 1 amide bonds. The number of fused-ring (bicyclic) bond motifs is 2. The summed E-state index contributed by atoms with van der Waals surface area (Å²) in [7, 11) is 0. The molecule has 0 aromatic carbocycles. The normalized spacial score (nSPS) is 21.8. The fourth-order valence-corrected chi connectivity index (χ4v) is 4.47. The standard InChI is InChI=1S/C22H23FN8O3/c1-11(2)30-15-6-18(25-9-16(15)29(3)21(30)34)27-17-5-4-14-13(10-32)26-20(31(14)28-17)22(19(24)33)7-12(23)8-22/h4-6,9-12H,7-8H2,1-3H3,(H2,24,33)(H,25,27,28)/i3D3. The number of pyridine rings is 1. The summed E-state index contributed by atoms with van der Waals surface area (Å²) < 4.78 is 40.4. The number of nitrogens with one attached hydrogen (secondary N) is 1. The summed E-state index contributed by atoms with van der Waals surface area (Å²) >= 11 is 0. The van der Waals surface area contributed by atoms with Crippen LogP contribution in [0.3, 0.4) is 0 Å². The molecule has 12 heteroatoms. The molecule has 34 heavy (non-hydrogen) atoms. The second kappa shape index (κ2) is 7.47. The number of aldehydes is 1. The zero-order chi connectivity index (χ0) is 26.9. The van der Waals surface area contributed by atoms with E-state index >= 15 is 0 Å². The predicted molar refractivity (Wildman–Crippen MR) is 122 cm³/mol. The third-order valence-corrected chi connectivity index (χ3v) is 6.21. The van der Waals surface area contributed by atoms with Gasteiger partial charge in [0.25, 0.3) is 0 Å². The lowest BCUT2D eigenvalue weighted by Gasteiger charge is -2.39. The smallest absolute Gasteiger partial charge is 0.329 e. The van der Waals surface area contributed by atoms with E-state index in [-0.39, 0.29) is 47.6 Å². The number of hydrogen-bond donors (Lipinski definition) is 2. The van der Waals surface area contributed by atoms with Gasteiger partial charge in [0.2, 0.25) is 5.91 Å². The molecule has 4 heterocycles. The highest BCUT2D eigenvalue weighted by Gasteiger charge is 2.54. The molecule has 5 rings (SSSR count). The van der Waals surface area contributed by atoms with E-state index in [1.807, 2.05) is 0 Å². The van der Waals surface area contributed by atoms with E-state index in [2.05, 4.69) is 20.4 Å². The Kier molecular flexibility index (Phi) is 4.03. The minimum absolute atomic E-state index is 0.0310. The molecule has 1 saturated carbocycles. The van der Waals surface area contributed by atoms with Crippen LogP contribution in [0.15, 0.2) is 29.2 Å². The lowest BCUT2D eigenvalue weighted by atomic mass is 9.66. The first-order valence-corrected chi connectivity index (χ1v) is 10.6. The van der Waals surface area contributed by atoms with Crippen LogP contribution in [0.5, 0.6) is 0 Å². The molecule has 0 bridgehead atoms. The van der Waals surface area contributed by atoms with Crippen LogP contribution < -0.4 is 16.7 Å². The Morgan fingerprint density at radius 1 is 1.32 bits per heavy atom. The molecule has 3 N–H and O–H groups in total. The Labute approximate surface area is 196 Å². The second-order valence-electron chi connectivity index (χ2n) is 8.67. The summed E-state index contributed by atoms with van der Waals surface area (Å²) in [4.78, 5) is 45.2. The number of nitrogens with two attached hydrogens (primary N) is 1. The van der Waals surface area contributed by atoms with Crippen LogP contribution in [0, 0.1) is 0 Å². The molecule has 11 nitrogen and oxygen atoms in total. The first-order chi connectivity index (χ1) is 17.4. The van der Waals surface area contributed by atoms with Gasteiger partial charge in [-0.2, -0.15) is 0 Å². The number of carbonyl (C=O) groups excluding carboxylic acids is 2. The highest BCUT2D eigenvalue weighted by molar-refractivity contribution is 5.90. The van der Waals surface area contributed by atoms with Crippen LogP contribution in [0.4, 0.5) is 16.0 Å². The van der Waals surface area contributed by atoms with Crippen LogP contribution in [0.1, 0.15) is 53.2 Å². The molecular formula is C22H23FN8O3. The summed E-state index contributed by atoms with van der Waals surface area (Å²) in [6, 6.07) is 4.31. The zero-order valence-corrected chi connectivity index (χ0v) is 18.3. The second-order valence-corrected chi connectivity index (χ2v) is 8.67. The van der Waals surface area contributed by atoms with Gasteiger partial charge in [-0.05, 0) is 26.0 Å². The number of hydrogen-bond acceptors (Lipinski definition) is 7. The Balaban J connectivity index is 1.61. The number of amides is 1. The fourth-order valence-electron chi connectivity index (χ4n) is 4.47. The highest BCUT2D eigenvalue weighted by Crippen LogP contribution is 2.45. The summed E-state index contributed by atoms with van der Waals surface area (Å²) in [6.45, 7) is 0.829. The summed E-state index contributed by atoms with van der Waals surface area (Å²) in [6.07, 6.45) is 0.255. The maximum absolute atomic E-state index is 13.8. The Morgan fingerprint density at radius 3 is 2.71 bits per heavy atom. The van der Waals surface area contributed by atoms with Crippen LogP contribution >= 0.6 is 0 Å². The van der Waals surface area contributed by atoms with Gasteiger partial charge in [0, 0.05) is 36.0 Å². The predicted octanol–water partition coefficient (Wildman–Crippen LogP) is 1.77. The quantitative estimate of drug-likeness (QED) is 0.410. The van der Waals surface area contributed by atoms with Crippen molar-refractivity contribution < 1.29 is 18.1 Å². The zero-order valence-electron chi connectivity index (χ0n) is 21.3. The van der Waals surface area contributed by atoms with E-state index in [1.165, 1.54) is 21.3 Å². The molecule has 4 aromatic heterocycles. The van der Waals surface area contributed by atoms with Crippen molar-refractivity contribution in [3.05, 3.63) is 46.4 Å². The van der Waals surface area contributed by atoms with Crippen molar-refractivity contribution in [2.75, 3.05) is 5.32 Å². The fraction of sp³-hybridized carbons (Fsp3) is 0.364. The van der Waals surface area contributed by atoms with Gasteiger partial charge in [-0.25, -0.2) is 23.7 Å². The van der Waals surface area contributed by atoms with E-state index in [4.69, 9.17) is 9.85 Å². The molecule has 0 aliphatic heterocycles. The number of aryl methyl sites for hydroxylation is 1. The molecule has 0 atom stereocenters. The van der Waals surface area contributed by atoms with Gasteiger partial charge in [-0.3, -0.25) is 18.7 Å². The molecule has 1 aliphatic rings. The number of nitrogens with zero attached hydrogens (tertiary/aromatic N) is 6. The van der Waals surface area contributed by atoms with E-state index in [0.29, 0.717) is 17.3 Å². The third kappa shape index (κ3) is 3.01. The minimum atomic E-state index is -2.69. The third-order valence-electron chi connectivity index (χ3n) is 6.21. The van der Waals surface area contributed by atoms with E-state index < -0.39 is 30.2 Å². The van der Waals surface area contributed by atoms with Crippen LogP contribution in [0.2, 0.25) is 0 Å². The molecule has 1 fully saturated rings. The maximum Gasteiger partial charge on any atom is 0.329 e. The number of anilines is 2. The highest BCUT2D eigenvalue weighted by atomic mass is 19.1. The lowest BCUT2D eigenvalue weighted by molar-refractivity contribution is -0.129. The summed E-state index contributed by atoms with van der Waals surface area (Å²) in [5.74, 6) is -0.199. The van der Waals surface area contributed by atoms with E-state index in [9.17, 15) is 18.8 Å². The number of aromatic nitrogens is 6. The molecule has 0 radical (unpaired) electrons. The van der Waals surface area contributed by atoms with Crippen molar-refractivity contribution in [3.8, 4) is 0 Å². The SMILES string of the molecule is [2H]C([2H])([2H])n1c(=O)n(C(C)C)c2cc(Nc3ccc4c(C=O)nc(C5(C(N)=O)CC(F)C5)n4n3)ncc21. The summed E-state index contributed by atoms with van der Waals surface area (Å²) in [5, 5.41) is 7.43. The van der Waals surface area contributed by atoms with Crippen LogP contribution in [-0.4, -0.2) is 47.1 Å². The van der Waals surface area contributed by atoms with Gasteiger partial charge >= 0.3 is 5.69 Å². The first-order valence-electron chi connectivity index (χ1n) is 12.1. The molecule has 0 saturated heterocycles. The van der Waals surface area contributed by atoms with Crippen molar-refractivity contribution in [3.63, 3.8) is 0 Å². The van der Waals surface area contributed by atoms with Crippen molar-refractivity contribution in [1.82, 2.24) is 28.7 Å². The van der Waals surface area contributed by atoms with Crippen molar-refractivity contribution in [1.29, 1.82) is 0 Å². The van der Waals surface area contributed by atoms with Gasteiger partial charge < -0.3 is 11.1 Å². The number of carbonyl (C=O) groups is 2. The monoisotopic (exact) mass is 469 g/mol. The van der Waals surface area contributed by atoms with Crippen molar-refractivity contribution >= 4 is 40.4 Å². The molecule has 0 unspecified atom stereocenters. The number of halogens is 1. The summed E-state index contributed by atoms with van der Waals surface area (Å²) in [5.41, 5.74) is 4.37. The lowest BCUT2D eigenvalue weighted by Crippen LogP contribution is -2.53. The van der Waals surface area contributed by atoms with Crippen molar-refractivity contribution in [2.45, 2.75) is 44.3 Å². The van der Waals surface area contributed by atoms with Crippen molar-refractivity contribution in [2.24, 2.45) is 12.7 Å². The average molecular weight is 469 g/mol. The van der Waals surface area contributed by atoms with Crippen LogP contribution in [0.25, 0.3) is 16.6 Å². The molecular weight excluding hydrogens is 443 g/mol. The van der Waals surface area contributed by atoms with E-state index in [0.717, 1.165) is 4.57 Å². The first kappa shape index (κ1) is 18.3. The topological polar surface area (TPSA) is 142 Å². The van der Waals surface area contributed by atoms with Crippen LogP contribution in [-0.2, 0) is 17.2 Å². The molecule has 176 valence electrons. The Morgan fingerprint density at radius 2 is 2.09 bits per heavy atom. The van der Waals surface area contributed by atoms with E-state index in [1.54, 1.807) is 26.0 Å². The Hall–Kier alpha value is -4.09. The van der Waals surface area contributed by atoms with Gasteiger partial charge in [-0.1, -0.05) is 0 Å². The van der Waals surface area contributed by atoms with Gasteiger partial charge in [0.05, 0.1) is 22.7 Å². The van der Waals surface area contributed by atoms with Gasteiger partial charge in [0.1, 0.15) is 28.9 Å².